The van der Waals surface area contributed by atoms with Crippen molar-refractivity contribution in [3.8, 4) is 5.75 Å². The number of nitro groups is 1. The van der Waals surface area contributed by atoms with Gasteiger partial charge < -0.3 is 4.90 Å². The zero-order chi connectivity index (χ0) is 32.8. The quantitative estimate of drug-likeness (QED) is 0.100. The van der Waals surface area contributed by atoms with Gasteiger partial charge in [0.2, 0.25) is 0 Å². The SMILES string of the molecule is CC(C)Oc1ccc([N+](=O)[O-])cc1[CH]=[Ru]([Cl])[Cl].CC(C)c1cccc(C(C)C)c1N1[CH-][C@](C)(c2ccccc2)CCC1(C)C. The number of non-ortho nitro benzene ring substituents is 1. The number of hydrogen-bond acceptors (Lipinski definition) is 4. The van der Waals surface area contributed by atoms with E-state index in [1.807, 2.05) is 13.8 Å². The number of rotatable bonds is 8. The van der Waals surface area contributed by atoms with Crippen molar-refractivity contribution in [3.63, 3.8) is 0 Å². The van der Waals surface area contributed by atoms with Crippen LogP contribution in [-0.4, -0.2) is 21.2 Å². The molecule has 0 unspecified atom stereocenters. The summed E-state index contributed by atoms with van der Waals surface area (Å²) in [4.78, 5) is 12.8. The van der Waals surface area contributed by atoms with E-state index in [1.54, 1.807) is 10.7 Å². The minimum atomic E-state index is -2.05. The molecular weight excluding hydrogens is 680 g/mol. The van der Waals surface area contributed by atoms with E-state index < -0.39 is 18.4 Å². The molecule has 0 N–H and O–H groups in total. The van der Waals surface area contributed by atoms with Crippen LogP contribution in [0.4, 0.5) is 11.4 Å². The minimum Gasteiger partial charge on any atom is -0.517 e. The van der Waals surface area contributed by atoms with E-state index in [0.29, 0.717) is 23.1 Å². The average molecular weight is 728 g/mol. The Morgan fingerprint density at radius 1 is 0.909 bits per heavy atom. The fourth-order valence-electron chi connectivity index (χ4n) is 5.58. The third kappa shape index (κ3) is 9.15. The van der Waals surface area contributed by atoms with Gasteiger partial charge >= 0.3 is 112 Å². The topological polar surface area (TPSA) is 55.6 Å². The van der Waals surface area contributed by atoms with Crippen molar-refractivity contribution in [2.24, 2.45) is 0 Å². The molecular formula is C36H47Cl2N2O3Ru-. The predicted molar refractivity (Wildman–Crippen MR) is 184 cm³/mol. The molecule has 0 spiro atoms. The van der Waals surface area contributed by atoms with Gasteiger partial charge in [0.05, 0.1) is 0 Å². The van der Waals surface area contributed by atoms with Crippen molar-refractivity contribution in [3.05, 3.63) is 106 Å². The predicted octanol–water partition coefficient (Wildman–Crippen LogP) is 10.9. The van der Waals surface area contributed by atoms with Gasteiger partial charge in [-0.3, -0.25) is 0 Å². The molecule has 1 heterocycles. The van der Waals surface area contributed by atoms with E-state index in [0.717, 1.165) is 0 Å². The van der Waals surface area contributed by atoms with Crippen LogP contribution in [0.15, 0.2) is 66.7 Å². The van der Waals surface area contributed by atoms with Gasteiger partial charge in [0.25, 0.3) is 0 Å². The van der Waals surface area contributed by atoms with E-state index in [2.05, 4.69) is 108 Å². The molecule has 3 aromatic rings. The second kappa shape index (κ2) is 15.3. The Bertz CT molecular complexity index is 1430. The van der Waals surface area contributed by atoms with Crippen molar-refractivity contribution in [1.29, 1.82) is 0 Å². The van der Waals surface area contributed by atoms with Gasteiger partial charge in [0.15, 0.2) is 0 Å². The molecule has 0 aliphatic carbocycles. The first-order chi connectivity index (χ1) is 20.6. The van der Waals surface area contributed by atoms with Crippen molar-refractivity contribution in [2.45, 2.75) is 104 Å². The molecule has 1 fully saturated rings. The van der Waals surface area contributed by atoms with Crippen LogP contribution < -0.4 is 9.64 Å². The normalized spacial score (nSPS) is 18.1. The first kappa shape index (κ1) is 36.2. The van der Waals surface area contributed by atoms with Crippen LogP contribution in [0.1, 0.15) is 109 Å². The van der Waals surface area contributed by atoms with Crippen LogP contribution in [0.25, 0.3) is 0 Å². The molecule has 44 heavy (non-hydrogen) atoms. The summed E-state index contributed by atoms with van der Waals surface area (Å²) in [5.74, 6) is 1.58. The number of hydrogen-bond donors (Lipinski definition) is 0. The van der Waals surface area contributed by atoms with Gasteiger partial charge in [-0.1, -0.05) is 95.1 Å². The smallest absolute Gasteiger partial charge is 0.0145 e. The summed E-state index contributed by atoms with van der Waals surface area (Å²) in [6, 6.07) is 22.3. The molecule has 8 heteroatoms. The Kier molecular flexibility index (Phi) is 12.6. The minimum absolute atomic E-state index is 0.00360. The molecule has 0 saturated carbocycles. The molecule has 0 radical (unpaired) electrons. The first-order valence-corrected chi connectivity index (χ1v) is 20.7. The van der Waals surface area contributed by atoms with Gasteiger partial charge in [-0.25, -0.2) is 6.54 Å². The van der Waals surface area contributed by atoms with Crippen LogP contribution in [0, 0.1) is 16.7 Å². The second-order valence-corrected chi connectivity index (χ2v) is 18.9. The summed E-state index contributed by atoms with van der Waals surface area (Å²) in [5, 5.41) is 10.7. The molecule has 1 saturated heterocycles. The Hall–Kier alpha value is -2.27. The summed E-state index contributed by atoms with van der Waals surface area (Å²) in [6.07, 6.45) is 2.34. The number of nitrogens with zero attached hydrogens (tertiary/aromatic N) is 2. The Morgan fingerprint density at radius 2 is 1.50 bits per heavy atom. The number of anilines is 1. The number of nitro benzene ring substituents is 1. The standard InChI is InChI=1S/C26H36N.C10H11NO3.2ClH.Ru/c1-19(2)22-14-11-15-23(20(3)4)24(22)27-18-26(7,17-16-25(27,5)6)21-12-9-8-10-13-21;1-7(2)14-10-5-4-9(11(12)13)6-8(10)3;;;/h8-15,18-20H,16-17H2,1-7H3;3-7H,1-2H3;2*1H;/q-1;;;;+2/p-2/t26-;;;;/m1..../s1. The molecule has 0 aromatic heterocycles. The van der Waals surface area contributed by atoms with Gasteiger partial charge in [0, 0.05) is 11.2 Å². The summed E-state index contributed by atoms with van der Waals surface area (Å²) in [6.45, 7) is 22.7. The molecule has 242 valence electrons. The van der Waals surface area contributed by atoms with Gasteiger partial charge in [-0.2, -0.15) is 0 Å². The molecule has 1 aliphatic rings. The van der Waals surface area contributed by atoms with Crippen LogP contribution in [-0.2, 0) is 18.9 Å². The summed E-state index contributed by atoms with van der Waals surface area (Å²) >= 11 is -2.05. The van der Waals surface area contributed by atoms with Gasteiger partial charge in [-0.05, 0) is 43.2 Å². The summed E-state index contributed by atoms with van der Waals surface area (Å²) in [5.41, 5.74) is 6.53. The summed E-state index contributed by atoms with van der Waals surface area (Å²) in [7, 11) is 11.6. The number of para-hydroxylation sites is 1. The molecule has 4 rings (SSSR count). The average Bonchev–Trinajstić information content (AvgIpc) is 2.95. The first-order valence-electron chi connectivity index (χ1n) is 15.2. The maximum Gasteiger partial charge on any atom is 0.0145 e. The maximum atomic E-state index is 10.7. The van der Waals surface area contributed by atoms with E-state index in [9.17, 15) is 10.1 Å². The zero-order valence-corrected chi connectivity index (χ0v) is 30.6. The van der Waals surface area contributed by atoms with E-state index in [1.165, 1.54) is 47.4 Å². The number of piperidine rings is 1. The van der Waals surface area contributed by atoms with E-state index >= 15 is 0 Å². The van der Waals surface area contributed by atoms with Crippen molar-refractivity contribution >= 4 is 35.4 Å². The Morgan fingerprint density at radius 3 is 2.00 bits per heavy atom. The summed E-state index contributed by atoms with van der Waals surface area (Å²) < 4.78 is 7.17. The van der Waals surface area contributed by atoms with Crippen LogP contribution in [0.5, 0.6) is 5.75 Å². The molecule has 3 aromatic carbocycles. The molecule has 1 aliphatic heterocycles. The van der Waals surface area contributed by atoms with Crippen molar-refractivity contribution in [1.82, 2.24) is 0 Å². The zero-order valence-electron chi connectivity index (χ0n) is 27.4. The van der Waals surface area contributed by atoms with Crippen LogP contribution >= 0.6 is 19.4 Å². The molecule has 1 atom stereocenters. The number of halogens is 2. The number of ether oxygens (including phenoxy) is 1. The van der Waals surface area contributed by atoms with Gasteiger partial charge in [-0.15, -0.1) is 5.41 Å². The maximum absolute atomic E-state index is 10.7. The fourth-order valence-corrected chi connectivity index (χ4v) is 7.36. The largest absolute Gasteiger partial charge is 0.517 e. The molecule has 0 bridgehead atoms. The van der Waals surface area contributed by atoms with Crippen molar-refractivity contribution in [2.75, 3.05) is 4.90 Å². The van der Waals surface area contributed by atoms with Gasteiger partial charge in [0.1, 0.15) is 0 Å². The molecule has 0 amide bonds. The Balaban J connectivity index is 0.000000269. The Labute approximate surface area is 277 Å². The van der Waals surface area contributed by atoms with E-state index in [4.69, 9.17) is 24.1 Å². The van der Waals surface area contributed by atoms with Crippen molar-refractivity contribution < 1.29 is 23.2 Å². The molecule has 5 nitrogen and oxygen atoms in total. The van der Waals surface area contributed by atoms with Crippen LogP contribution in [0.3, 0.4) is 0 Å². The number of benzene rings is 3. The second-order valence-electron chi connectivity index (χ2n) is 13.1. The third-order valence-corrected chi connectivity index (χ3v) is 9.93. The van der Waals surface area contributed by atoms with E-state index in [-0.39, 0.29) is 22.7 Å². The fraction of sp³-hybridized carbons (Fsp3) is 0.444. The third-order valence-electron chi connectivity index (χ3n) is 8.09. The van der Waals surface area contributed by atoms with Crippen LogP contribution in [0.2, 0.25) is 0 Å². The monoisotopic (exact) mass is 727 g/mol.